The Morgan fingerprint density at radius 1 is 1.35 bits per heavy atom. The summed E-state index contributed by atoms with van der Waals surface area (Å²) in [5, 5.41) is 3.55. The molecule has 4 nitrogen and oxygen atoms in total. The maximum Gasteiger partial charge on any atom is 0.240 e. The lowest BCUT2D eigenvalue weighted by atomic mass is 10.1. The maximum absolute atomic E-state index is 12.3. The average molecular weight is 317 g/mol. The summed E-state index contributed by atoms with van der Waals surface area (Å²) in [6.07, 6.45) is 3.23. The maximum atomic E-state index is 12.3. The van der Waals surface area contributed by atoms with Crippen LogP contribution in [0, 0.1) is 5.41 Å². The van der Waals surface area contributed by atoms with Gasteiger partial charge in [0.25, 0.3) is 0 Å². The molecule has 1 aliphatic rings. The Morgan fingerprint density at radius 2 is 2.05 bits per heavy atom. The molecule has 1 saturated carbocycles. The number of sulfonamides is 1. The predicted molar refractivity (Wildman–Crippen MR) is 81.4 cm³/mol. The quantitative estimate of drug-likeness (QED) is 0.812. The average Bonchev–Trinajstić information content (AvgIpc) is 3.20. The van der Waals surface area contributed by atoms with E-state index in [-0.39, 0.29) is 10.3 Å². The summed E-state index contributed by atoms with van der Waals surface area (Å²) < 4.78 is 27.4. The molecule has 0 aliphatic heterocycles. The van der Waals surface area contributed by atoms with Crippen molar-refractivity contribution in [1.29, 1.82) is 0 Å². The van der Waals surface area contributed by atoms with Gasteiger partial charge >= 0.3 is 0 Å². The van der Waals surface area contributed by atoms with Crippen LogP contribution >= 0.6 is 11.6 Å². The topological polar surface area (TPSA) is 58.2 Å². The summed E-state index contributed by atoms with van der Waals surface area (Å²) in [4.78, 5) is 0.277. The van der Waals surface area contributed by atoms with Crippen LogP contribution in [0.15, 0.2) is 23.1 Å². The Morgan fingerprint density at radius 3 is 2.60 bits per heavy atom. The first-order valence-electron chi connectivity index (χ1n) is 6.85. The lowest BCUT2D eigenvalue weighted by molar-refractivity contribution is 0.475. The molecule has 2 rings (SSSR count). The molecular formula is C14H21ClN2O2S. The molecule has 0 heterocycles. The van der Waals surface area contributed by atoms with Gasteiger partial charge in [0.15, 0.2) is 0 Å². The highest BCUT2D eigenvalue weighted by Gasteiger charge is 2.41. The van der Waals surface area contributed by atoms with E-state index in [4.69, 9.17) is 11.6 Å². The molecule has 0 spiro atoms. The van der Waals surface area contributed by atoms with Crippen molar-refractivity contribution in [3.63, 3.8) is 0 Å². The van der Waals surface area contributed by atoms with Crippen LogP contribution in [0.2, 0.25) is 5.02 Å². The van der Waals surface area contributed by atoms with Crippen molar-refractivity contribution in [2.75, 3.05) is 13.6 Å². The first-order chi connectivity index (χ1) is 9.42. The van der Waals surface area contributed by atoms with Gasteiger partial charge in [-0.3, -0.25) is 0 Å². The molecule has 0 amide bonds. The zero-order valence-corrected chi connectivity index (χ0v) is 13.4. The SMILES string of the molecule is CCC1(CNS(=O)(=O)c2ccc(Cl)c(CNC)c2)CC1. The van der Waals surface area contributed by atoms with Crippen LogP contribution in [0.25, 0.3) is 0 Å². The minimum Gasteiger partial charge on any atom is -0.316 e. The number of hydrogen-bond acceptors (Lipinski definition) is 3. The third-order valence-electron chi connectivity index (χ3n) is 4.04. The van der Waals surface area contributed by atoms with Gasteiger partial charge in [-0.1, -0.05) is 18.5 Å². The van der Waals surface area contributed by atoms with E-state index in [2.05, 4.69) is 17.0 Å². The monoisotopic (exact) mass is 316 g/mol. The van der Waals surface area contributed by atoms with E-state index >= 15 is 0 Å². The van der Waals surface area contributed by atoms with Crippen molar-refractivity contribution < 1.29 is 8.42 Å². The molecular weight excluding hydrogens is 296 g/mol. The zero-order valence-electron chi connectivity index (χ0n) is 11.9. The Hall–Kier alpha value is -0.620. The van der Waals surface area contributed by atoms with Gasteiger partial charge in [0.1, 0.15) is 0 Å². The van der Waals surface area contributed by atoms with Crippen molar-refractivity contribution in [3.8, 4) is 0 Å². The van der Waals surface area contributed by atoms with E-state index in [0.29, 0.717) is 18.1 Å². The van der Waals surface area contributed by atoms with Crippen LogP contribution in [-0.2, 0) is 16.6 Å². The highest BCUT2D eigenvalue weighted by molar-refractivity contribution is 7.89. The molecule has 0 unspecified atom stereocenters. The van der Waals surface area contributed by atoms with E-state index in [1.165, 1.54) is 0 Å². The van der Waals surface area contributed by atoms with Crippen LogP contribution < -0.4 is 10.0 Å². The second-order valence-corrected chi connectivity index (χ2v) is 7.64. The van der Waals surface area contributed by atoms with Gasteiger partial charge in [-0.25, -0.2) is 13.1 Å². The summed E-state index contributed by atoms with van der Waals surface area (Å²) in [7, 11) is -1.66. The Labute approximate surface area is 126 Å². The van der Waals surface area contributed by atoms with E-state index in [1.807, 2.05) is 0 Å². The number of hydrogen-bond donors (Lipinski definition) is 2. The lowest BCUT2D eigenvalue weighted by Crippen LogP contribution is -2.30. The van der Waals surface area contributed by atoms with E-state index in [1.54, 1.807) is 25.2 Å². The first-order valence-corrected chi connectivity index (χ1v) is 8.71. The lowest BCUT2D eigenvalue weighted by Gasteiger charge is -2.14. The molecule has 0 aromatic heterocycles. The van der Waals surface area contributed by atoms with Crippen LogP contribution in [0.1, 0.15) is 31.7 Å². The summed E-state index contributed by atoms with van der Waals surface area (Å²) in [6, 6.07) is 4.82. The van der Waals surface area contributed by atoms with Crippen molar-refractivity contribution in [2.24, 2.45) is 5.41 Å². The summed E-state index contributed by atoms with van der Waals surface area (Å²) in [6.45, 7) is 3.17. The predicted octanol–water partition coefficient (Wildman–Crippen LogP) is 2.53. The molecule has 1 aromatic carbocycles. The Balaban J connectivity index is 2.14. The van der Waals surface area contributed by atoms with Gasteiger partial charge in [0.2, 0.25) is 10.0 Å². The van der Waals surface area contributed by atoms with Crippen molar-refractivity contribution in [1.82, 2.24) is 10.0 Å². The molecule has 1 aromatic rings. The smallest absolute Gasteiger partial charge is 0.240 e. The molecule has 1 fully saturated rings. The van der Waals surface area contributed by atoms with Crippen LogP contribution in [0.3, 0.4) is 0 Å². The van der Waals surface area contributed by atoms with Gasteiger partial charge in [0, 0.05) is 18.1 Å². The number of halogens is 1. The van der Waals surface area contributed by atoms with Crippen LogP contribution in [-0.4, -0.2) is 22.0 Å². The molecule has 112 valence electrons. The molecule has 0 saturated heterocycles. The summed E-state index contributed by atoms with van der Waals surface area (Å²) in [5.41, 5.74) is 0.974. The molecule has 0 radical (unpaired) electrons. The molecule has 2 N–H and O–H groups in total. The highest BCUT2D eigenvalue weighted by Crippen LogP contribution is 2.48. The minimum absolute atomic E-state index is 0.188. The molecule has 1 aliphatic carbocycles. The first kappa shape index (κ1) is 15.8. The largest absolute Gasteiger partial charge is 0.316 e. The second kappa shape index (κ2) is 6.02. The Bertz CT molecular complexity index is 583. The van der Waals surface area contributed by atoms with Gasteiger partial charge in [-0.2, -0.15) is 0 Å². The van der Waals surface area contributed by atoms with Crippen LogP contribution in [0.5, 0.6) is 0 Å². The third-order valence-corrected chi connectivity index (χ3v) is 5.81. The second-order valence-electron chi connectivity index (χ2n) is 5.46. The van der Waals surface area contributed by atoms with Crippen molar-refractivity contribution in [3.05, 3.63) is 28.8 Å². The van der Waals surface area contributed by atoms with Gasteiger partial charge in [0.05, 0.1) is 4.90 Å². The van der Waals surface area contributed by atoms with Crippen molar-refractivity contribution >= 4 is 21.6 Å². The fourth-order valence-electron chi connectivity index (χ4n) is 2.21. The molecule has 6 heteroatoms. The minimum atomic E-state index is -3.46. The summed E-state index contributed by atoms with van der Waals surface area (Å²) >= 11 is 6.05. The fourth-order valence-corrected chi connectivity index (χ4v) is 3.60. The summed E-state index contributed by atoms with van der Waals surface area (Å²) in [5.74, 6) is 0. The van der Waals surface area contributed by atoms with Crippen LogP contribution in [0.4, 0.5) is 0 Å². The highest BCUT2D eigenvalue weighted by atomic mass is 35.5. The number of benzene rings is 1. The standard InChI is InChI=1S/C14H21ClN2O2S/c1-3-14(6-7-14)10-17-20(18,19)12-4-5-13(15)11(8-12)9-16-2/h4-5,8,16-17H,3,6-7,9-10H2,1-2H3. The third kappa shape index (κ3) is 3.52. The Kier molecular flexibility index (Phi) is 4.74. The molecule has 0 atom stereocenters. The zero-order chi connectivity index (χ0) is 14.8. The normalized spacial score (nSPS) is 17.1. The number of rotatable bonds is 7. The van der Waals surface area contributed by atoms with Gasteiger partial charge in [-0.05, 0) is 55.5 Å². The van der Waals surface area contributed by atoms with Gasteiger partial charge in [-0.15, -0.1) is 0 Å². The van der Waals surface area contributed by atoms with E-state index in [9.17, 15) is 8.42 Å². The fraction of sp³-hybridized carbons (Fsp3) is 0.571. The van der Waals surface area contributed by atoms with E-state index in [0.717, 1.165) is 24.8 Å². The molecule has 20 heavy (non-hydrogen) atoms. The molecule has 0 bridgehead atoms. The number of nitrogens with one attached hydrogen (secondary N) is 2. The van der Waals surface area contributed by atoms with Gasteiger partial charge < -0.3 is 5.32 Å². The van der Waals surface area contributed by atoms with E-state index < -0.39 is 10.0 Å². The van der Waals surface area contributed by atoms with Crippen molar-refractivity contribution in [2.45, 2.75) is 37.6 Å².